The van der Waals surface area contributed by atoms with Crippen LogP contribution >= 0.6 is 11.8 Å². The van der Waals surface area contributed by atoms with Gasteiger partial charge in [0.1, 0.15) is 5.67 Å². The second kappa shape index (κ2) is 7.92. The zero-order chi connectivity index (χ0) is 25.4. The summed E-state index contributed by atoms with van der Waals surface area (Å²) in [4.78, 5) is 38.9. The number of allylic oxidation sites excluding steroid dienone is 4. The van der Waals surface area contributed by atoms with Crippen LogP contribution in [0.1, 0.15) is 63.9 Å². The van der Waals surface area contributed by atoms with Crippen LogP contribution in [0.25, 0.3) is 0 Å². The molecule has 35 heavy (non-hydrogen) atoms. The summed E-state index contributed by atoms with van der Waals surface area (Å²) in [6.45, 7) is 7.81. The first-order valence-corrected chi connectivity index (χ1v) is 13.7. The van der Waals surface area contributed by atoms with Crippen LogP contribution in [0, 0.1) is 34.5 Å². The maximum Gasteiger partial charge on any atom is 0.375 e. The monoisotopic (exact) mass is 500 g/mol. The van der Waals surface area contributed by atoms with Gasteiger partial charge in [0.25, 0.3) is 0 Å². The molecule has 0 aliphatic heterocycles. The number of ketones is 1. The number of furan rings is 1. The Morgan fingerprint density at radius 1 is 1.20 bits per heavy atom. The SMILES string of the molecule is CSC(=O)[C@@]1(OC(=O)c2ccco2)[C@H](C)CC2C3CCC4=CC(=O)C=C[C@]4(C)[C@@]3(F)[C@@H](C)C[C@@]21C. The molecule has 1 aromatic heterocycles. The molecule has 7 heteroatoms. The van der Waals surface area contributed by atoms with Crippen molar-refractivity contribution in [1.29, 1.82) is 0 Å². The summed E-state index contributed by atoms with van der Waals surface area (Å²) in [6.07, 6.45) is 10.2. The zero-order valence-electron chi connectivity index (χ0n) is 20.9. The van der Waals surface area contributed by atoms with E-state index in [1.807, 2.05) is 27.7 Å². The molecule has 0 spiro atoms. The molecular weight excluding hydrogens is 467 g/mol. The van der Waals surface area contributed by atoms with Gasteiger partial charge in [-0.15, -0.1) is 0 Å². The number of carbonyl (C=O) groups excluding carboxylic acids is 3. The molecule has 5 rings (SSSR count). The van der Waals surface area contributed by atoms with Crippen molar-refractivity contribution < 1.29 is 27.9 Å². The second-order valence-electron chi connectivity index (χ2n) is 11.4. The van der Waals surface area contributed by atoms with Crippen molar-refractivity contribution in [1.82, 2.24) is 0 Å². The Balaban J connectivity index is 1.61. The fourth-order valence-electron chi connectivity index (χ4n) is 8.49. The van der Waals surface area contributed by atoms with Crippen LogP contribution in [-0.2, 0) is 14.3 Å². The molecule has 188 valence electrons. The minimum atomic E-state index is -1.57. The summed E-state index contributed by atoms with van der Waals surface area (Å²) in [7, 11) is 0. The van der Waals surface area contributed by atoms with E-state index in [1.165, 1.54) is 18.4 Å². The van der Waals surface area contributed by atoms with Gasteiger partial charge in [-0.2, -0.15) is 0 Å². The summed E-state index contributed by atoms with van der Waals surface area (Å²) < 4.78 is 29.1. The Labute approximate surface area is 209 Å². The van der Waals surface area contributed by atoms with Gasteiger partial charge >= 0.3 is 5.97 Å². The molecule has 1 aromatic rings. The molecule has 3 saturated carbocycles. The van der Waals surface area contributed by atoms with E-state index in [9.17, 15) is 14.4 Å². The highest BCUT2D eigenvalue weighted by atomic mass is 32.2. The fraction of sp³-hybridized carbons (Fsp3) is 0.607. The van der Waals surface area contributed by atoms with Crippen LogP contribution in [-0.4, -0.2) is 34.4 Å². The fourth-order valence-corrected chi connectivity index (χ4v) is 9.27. The van der Waals surface area contributed by atoms with E-state index in [0.29, 0.717) is 25.7 Å². The highest BCUT2D eigenvalue weighted by molar-refractivity contribution is 8.13. The third-order valence-electron chi connectivity index (χ3n) is 9.99. The summed E-state index contributed by atoms with van der Waals surface area (Å²) in [6, 6.07) is 3.14. The third kappa shape index (κ3) is 2.96. The van der Waals surface area contributed by atoms with Crippen LogP contribution in [0.5, 0.6) is 0 Å². The lowest BCUT2D eigenvalue weighted by atomic mass is 9.43. The molecule has 0 aromatic carbocycles. The summed E-state index contributed by atoms with van der Waals surface area (Å²) in [5.74, 6) is -1.86. The largest absolute Gasteiger partial charge is 0.457 e. The zero-order valence-corrected chi connectivity index (χ0v) is 21.7. The van der Waals surface area contributed by atoms with Crippen molar-refractivity contribution in [2.45, 2.75) is 64.6 Å². The van der Waals surface area contributed by atoms with Crippen LogP contribution in [0.3, 0.4) is 0 Å². The van der Waals surface area contributed by atoms with E-state index in [4.69, 9.17) is 9.15 Å². The molecule has 8 atom stereocenters. The van der Waals surface area contributed by atoms with Gasteiger partial charge in [0, 0.05) is 16.7 Å². The van der Waals surface area contributed by atoms with Gasteiger partial charge in [-0.3, -0.25) is 9.59 Å². The maximum atomic E-state index is 17.6. The first-order chi connectivity index (χ1) is 16.5. The number of rotatable bonds is 3. The molecular formula is C28H33FO5S. The van der Waals surface area contributed by atoms with Crippen LogP contribution in [0.2, 0.25) is 0 Å². The number of hydrogen-bond donors (Lipinski definition) is 0. The predicted molar refractivity (Wildman–Crippen MR) is 131 cm³/mol. The van der Waals surface area contributed by atoms with Gasteiger partial charge in [-0.1, -0.05) is 44.2 Å². The maximum absolute atomic E-state index is 17.6. The van der Waals surface area contributed by atoms with Gasteiger partial charge in [0.15, 0.2) is 11.4 Å². The summed E-state index contributed by atoms with van der Waals surface area (Å²) >= 11 is 1.07. The number of hydrogen-bond acceptors (Lipinski definition) is 6. The van der Waals surface area contributed by atoms with E-state index in [2.05, 4.69) is 0 Å². The molecule has 4 aliphatic carbocycles. The highest BCUT2D eigenvalue weighted by Gasteiger charge is 2.76. The van der Waals surface area contributed by atoms with Crippen molar-refractivity contribution in [3.8, 4) is 0 Å². The lowest BCUT2D eigenvalue weighted by Gasteiger charge is -2.63. The Morgan fingerprint density at radius 2 is 1.94 bits per heavy atom. The molecule has 0 radical (unpaired) electrons. The Kier molecular flexibility index (Phi) is 5.56. The number of alkyl halides is 1. The lowest BCUT2D eigenvalue weighted by molar-refractivity contribution is -0.194. The molecule has 4 aliphatic rings. The summed E-state index contributed by atoms with van der Waals surface area (Å²) in [5, 5.41) is -0.195. The number of esters is 1. The standard InChI is InChI=1S/C28H33FO5S/c1-16-13-21-20-9-8-18-14-19(30)10-11-25(18,3)27(20,29)17(2)15-26(21,4)28(16,24(32)35-5)34-23(31)22-7-6-12-33-22/h6-7,10-12,14,16-17,20-21H,8-9,13,15H2,1-5H3/t16-,17+,20?,21?,25+,26+,27-,28+/m1/s1. The van der Waals surface area contributed by atoms with Crippen LogP contribution in [0.15, 0.2) is 46.6 Å². The molecule has 0 bridgehead atoms. The molecule has 0 N–H and O–H groups in total. The average molecular weight is 501 g/mol. The number of carbonyl (C=O) groups is 3. The predicted octanol–water partition coefficient (Wildman–Crippen LogP) is 5.96. The van der Waals surface area contributed by atoms with E-state index in [1.54, 1.807) is 24.5 Å². The van der Waals surface area contributed by atoms with Gasteiger partial charge < -0.3 is 9.15 Å². The van der Waals surface area contributed by atoms with Gasteiger partial charge in [-0.05, 0) is 80.9 Å². The molecule has 2 unspecified atom stereocenters. The first kappa shape index (κ1) is 24.5. The van der Waals surface area contributed by atoms with Gasteiger partial charge in [0.2, 0.25) is 10.9 Å². The molecule has 0 saturated heterocycles. The number of thioether (sulfide) groups is 1. The molecule has 1 heterocycles. The van der Waals surface area contributed by atoms with Crippen molar-refractivity contribution >= 4 is 28.6 Å². The Bertz CT molecular complexity index is 1140. The van der Waals surface area contributed by atoms with Gasteiger partial charge in [0.05, 0.1) is 6.26 Å². The van der Waals surface area contributed by atoms with Crippen molar-refractivity contribution in [2.75, 3.05) is 6.26 Å². The van der Waals surface area contributed by atoms with Crippen molar-refractivity contribution in [3.05, 3.63) is 48.0 Å². The molecule has 0 amide bonds. The topological polar surface area (TPSA) is 73.6 Å². The minimum absolute atomic E-state index is 0.0539. The quantitative estimate of drug-likeness (QED) is 0.477. The third-order valence-corrected chi connectivity index (χ3v) is 10.7. The van der Waals surface area contributed by atoms with Crippen LogP contribution < -0.4 is 0 Å². The van der Waals surface area contributed by atoms with E-state index < -0.39 is 34.0 Å². The van der Waals surface area contributed by atoms with Crippen molar-refractivity contribution in [2.24, 2.45) is 34.5 Å². The summed E-state index contributed by atoms with van der Waals surface area (Å²) in [5.41, 5.74) is -3.69. The lowest BCUT2D eigenvalue weighted by Crippen LogP contribution is -2.67. The Morgan fingerprint density at radius 3 is 2.60 bits per heavy atom. The minimum Gasteiger partial charge on any atom is -0.457 e. The second-order valence-corrected chi connectivity index (χ2v) is 12.2. The molecule has 3 fully saturated rings. The molecule has 5 nitrogen and oxygen atoms in total. The Hall–Kier alpha value is -2.15. The average Bonchev–Trinajstić information content (AvgIpc) is 3.42. The highest BCUT2D eigenvalue weighted by Crippen LogP contribution is 2.73. The van der Waals surface area contributed by atoms with E-state index in [0.717, 1.165) is 17.3 Å². The van der Waals surface area contributed by atoms with E-state index >= 15 is 4.39 Å². The first-order valence-electron chi connectivity index (χ1n) is 12.4. The van der Waals surface area contributed by atoms with Crippen molar-refractivity contribution in [3.63, 3.8) is 0 Å². The number of ether oxygens (including phenoxy) is 1. The van der Waals surface area contributed by atoms with Crippen LogP contribution in [0.4, 0.5) is 4.39 Å². The van der Waals surface area contributed by atoms with E-state index in [-0.39, 0.29) is 34.4 Å². The smallest absolute Gasteiger partial charge is 0.375 e. The number of fused-ring (bicyclic) bond motifs is 5. The van der Waals surface area contributed by atoms with Gasteiger partial charge in [-0.25, -0.2) is 9.18 Å². The normalized spacial score (nSPS) is 44.2. The number of halogens is 1.